The molecule has 0 bridgehead atoms. The fourth-order valence-corrected chi connectivity index (χ4v) is 1.97. The van der Waals surface area contributed by atoms with E-state index in [1.54, 1.807) is 13.2 Å². The fourth-order valence-electron chi connectivity index (χ4n) is 1.97. The number of amides is 2. The number of halogens is 1. The average Bonchev–Trinajstić information content (AvgIpc) is 2.94. The number of hydrogen-bond acceptors (Lipinski definition) is 4. The molecule has 2 amide bonds. The number of rotatable bonds is 6. The van der Waals surface area contributed by atoms with Gasteiger partial charge in [-0.15, -0.1) is 12.4 Å². The van der Waals surface area contributed by atoms with E-state index in [4.69, 9.17) is 5.73 Å². The lowest BCUT2D eigenvalue weighted by atomic mass is 10.0. The van der Waals surface area contributed by atoms with Gasteiger partial charge in [0.25, 0.3) is 0 Å². The van der Waals surface area contributed by atoms with Crippen LogP contribution in [-0.4, -0.2) is 28.6 Å². The molecule has 0 saturated carbocycles. The van der Waals surface area contributed by atoms with Gasteiger partial charge in [-0.25, -0.2) is 0 Å². The lowest BCUT2D eigenvalue weighted by molar-refractivity contribution is -0.121. The van der Waals surface area contributed by atoms with Crippen molar-refractivity contribution in [3.63, 3.8) is 0 Å². The largest absolute Gasteiger partial charge is 0.358 e. The van der Waals surface area contributed by atoms with Crippen molar-refractivity contribution in [2.45, 2.75) is 19.0 Å². The summed E-state index contributed by atoms with van der Waals surface area (Å²) >= 11 is 0. The summed E-state index contributed by atoms with van der Waals surface area (Å²) in [5, 5.41) is 9.23. The van der Waals surface area contributed by atoms with Crippen LogP contribution in [0, 0.1) is 0 Å². The van der Waals surface area contributed by atoms with Crippen LogP contribution in [-0.2, 0) is 16.1 Å². The van der Waals surface area contributed by atoms with Gasteiger partial charge in [0.1, 0.15) is 6.54 Å². The lowest BCUT2D eigenvalue weighted by Gasteiger charge is -2.11. The maximum absolute atomic E-state index is 12.0. The summed E-state index contributed by atoms with van der Waals surface area (Å²) in [7, 11) is 1.56. The summed E-state index contributed by atoms with van der Waals surface area (Å²) in [6.45, 7) is 0.107. The highest BCUT2D eigenvalue weighted by atomic mass is 35.5. The minimum Gasteiger partial charge on any atom is -0.358 e. The van der Waals surface area contributed by atoms with E-state index in [9.17, 15) is 9.59 Å². The van der Waals surface area contributed by atoms with Gasteiger partial charge in [-0.05, 0) is 5.56 Å². The summed E-state index contributed by atoms with van der Waals surface area (Å²) < 4.78 is 1.45. The Morgan fingerprint density at radius 1 is 1.26 bits per heavy atom. The second-order valence-corrected chi connectivity index (χ2v) is 4.87. The van der Waals surface area contributed by atoms with Crippen LogP contribution in [0.15, 0.2) is 42.7 Å². The van der Waals surface area contributed by atoms with Crippen molar-refractivity contribution in [3.05, 3.63) is 48.3 Å². The third kappa shape index (κ3) is 5.72. The highest BCUT2D eigenvalue weighted by Crippen LogP contribution is 2.14. The van der Waals surface area contributed by atoms with E-state index in [2.05, 4.69) is 15.7 Å². The SMILES string of the molecule is CNC(=O)Cn1cc(NC(=O)CC(N)c2ccccc2)cn1.Cl. The maximum Gasteiger partial charge on any atom is 0.241 e. The zero-order valence-corrected chi connectivity index (χ0v) is 13.5. The minimum atomic E-state index is -0.359. The zero-order chi connectivity index (χ0) is 15.9. The first-order chi connectivity index (χ1) is 10.6. The highest BCUT2D eigenvalue weighted by molar-refractivity contribution is 5.91. The predicted molar refractivity (Wildman–Crippen MR) is 90.2 cm³/mol. The molecule has 23 heavy (non-hydrogen) atoms. The van der Waals surface area contributed by atoms with E-state index >= 15 is 0 Å². The van der Waals surface area contributed by atoms with E-state index in [0.29, 0.717) is 5.69 Å². The molecule has 0 aliphatic heterocycles. The number of carbonyl (C=O) groups excluding carboxylic acids is 2. The lowest BCUT2D eigenvalue weighted by Crippen LogP contribution is -2.23. The fraction of sp³-hybridized carbons (Fsp3) is 0.267. The van der Waals surface area contributed by atoms with Gasteiger partial charge in [-0.3, -0.25) is 14.3 Å². The number of hydrogen-bond donors (Lipinski definition) is 3. The van der Waals surface area contributed by atoms with Crippen LogP contribution in [0.1, 0.15) is 18.0 Å². The van der Waals surface area contributed by atoms with Crippen LogP contribution in [0.25, 0.3) is 0 Å². The number of nitrogens with one attached hydrogen (secondary N) is 2. The van der Waals surface area contributed by atoms with Crippen LogP contribution >= 0.6 is 12.4 Å². The molecule has 4 N–H and O–H groups in total. The van der Waals surface area contributed by atoms with Crippen molar-refractivity contribution in [3.8, 4) is 0 Å². The van der Waals surface area contributed by atoms with Gasteiger partial charge in [0, 0.05) is 25.7 Å². The van der Waals surface area contributed by atoms with Gasteiger partial charge < -0.3 is 16.4 Å². The Balaban J connectivity index is 0.00000264. The Bertz CT molecular complexity index is 644. The van der Waals surface area contributed by atoms with Crippen LogP contribution in [0.5, 0.6) is 0 Å². The van der Waals surface area contributed by atoms with E-state index in [0.717, 1.165) is 5.56 Å². The number of anilines is 1. The molecule has 2 rings (SSSR count). The van der Waals surface area contributed by atoms with Crippen molar-refractivity contribution in [2.24, 2.45) is 5.73 Å². The first-order valence-electron chi connectivity index (χ1n) is 6.92. The first-order valence-corrected chi connectivity index (χ1v) is 6.92. The predicted octanol–water partition coefficient (Wildman–Crippen LogP) is 1.08. The second-order valence-electron chi connectivity index (χ2n) is 4.87. The monoisotopic (exact) mass is 337 g/mol. The number of benzene rings is 1. The molecule has 2 aromatic rings. The molecule has 7 nitrogen and oxygen atoms in total. The van der Waals surface area contributed by atoms with E-state index < -0.39 is 0 Å². The molecule has 1 atom stereocenters. The van der Waals surface area contributed by atoms with Gasteiger partial charge in [0.2, 0.25) is 11.8 Å². The molecule has 0 spiro atoms. The van der Waals surface area contributed by atoms with Gasteiger partial charge in [-0.2, -0.15) is 5.10 Å². The molecule has 8 heteroatoms. The molecule has 0 radical (unpaired) electrons. The number of carbonyl (C=O) groups is 2. The molecule has 0 fully saturated rings. The third-order valence-electron chi connectivity index (χ3n) is 3.13. The molecular formula is C15H20ClN5O2. The number of nitrogens with zero attached hydrogens (tertiary/aromatic N) is 2. The Labute approximate surface area is 140 Å². The molecule has 0 aliphatic carbocycles. The van der Waals surface area contributed by atoms with E-state index in [1.165, 1.54) is 10.9 Å². The first kappa shape index (κ1) is 18.7. The van der Waals surface area contributed by atoms with Crippen LogP contribution in [0.2, 0.25) is 0 Å². The van der Waals surface area contributed by atoms with Crippen molar-refractivity contribution in [2.75, 3.05) is 12.4 Å². The summed E-state index contributed by atoms with van der Waals surface area (Å²) in [5.74, 6) is -0.358. The van der Waals surface area contributed by atoms with Gasteiger partial charge in [-0.1, -0.05) is 30.3 Å². The van der Waals surface area contributed by atoms with Crippen LogP contribution in [0.3, 0.4) is 0 Å². The number of likely N-dealkylation sites (N-methyl/N-ethyl adjacent to an activating group) is 1. The molecule has 0 saturated heterocycles. The standard InChI is InChI=1S/C15H19N5O2.ClH/c1-17-15(22)10-20-9-12(8-18-20)19-14(21)7-13(16)11-5-3-2-4-6-11;/h2-6,8-9,13H,7,10,16H2,1H3,(H,17,22)(H,19,21);1H. The summed E-state index contributed by atoms with van der Waals surface area (Å²) in [5.41, 5.74) is 7.45. The minimum absolute atomic E-state index is 0. The summed E-state index contributed by atoms with van der Waals surface area (Å²) in [4.78, 5) is 23.2. The summed E-state index contributed by atoms with van der Waals surface area (Å²) in [6, 6.07) is 9.09. The molecule has 124 valence electrons. The van der Waals surface area contributed by atoms with Crippen molar-refractivity contribution >= 4 is 29.9 Å². The van der Waals surface area contributed by atoms with Gasteiger partial charge in [0.15, 0.2) is 0 Å². The molecule has 0 aliphatic rings. The Kier molecular flexibility index (Phi) is 7.24. The van der Waals surface area contributed by atoms with E-state index in [-0.39, 0.29) is 43.2 Å². The molecule has 1 unspecified atom stereocenters. The number of nitrogens with two attached hydrogens (primary N) is 1. The Hall–Kier alpha value is -2.38. The van der Waals surface area contributed by atoms with Crippen LogP contribution in [0.4, 0.5) is 5.69 Å². The zero-order valence-electron chi connectivity index (χ0n) is 12.7. The topological polar surface area (TPSA) is 102 Å². The molecule has 1 heterocycles. The summed E-state index contributed by atoms with van der Waals surface area (Å²) in [6.07, 6.45) is 3.26. The number of aromatic nitrogens is 2. The second kappa shape index (κ2) is 8.92. The van der Waals surface area contributed by atoms with Gasteiger partial charge in [0.05, 0.1) is 11.9 Å². The average molecular weight is 338 g/mol. The molecule has 1 aromatic carbocycles. The normalized spacial score (nSPS) is 11.2. The molecular weight excluding hydrogens is 318 g/mol. The highest BCUT2D eigenvalue weighted by Gasteiger charge is 2.12. The smallest absolute Gasteiger partial charge is 0.241 e. The van der Waals surface area contributed by atoms with Crippen molar-refractivity contribution < 1.29 is 9.59 Å². The quantitative estimate of drug-likeness (QED) is 0.734. The van der Waals surface area contributed by atoms with Crippen LogP contribution < -0.4 is 16.4 Å². The van der Waals surface area contributed by atoms with Gasteiger partial charge >= 0.3 is 0 Å². The third-order valence-corrected chi connectivity index (χ3v) is 3.13. The maximum atomic E-state index is 12.0. The van der Waals surface area contributed by atoms with Crippen molar-refractivity contribution in [1.29, 1.82) is 0 Å². The van der Waals surface area contributed by atoms with E-state index in [1.807, 2.05) is 30.3 Å². The Morgan fingerprint density at radius 3 is 2.61 bits per heavy atom. The Morgan fingerprint density at radius 2 is 1.96 bits per heavy atom. The molecule has 1 aromatic heterocycles. The van der Waals surface area contributed by atoms with Crippen molar-refractivity contribution in [1.82, 2.24) is 15.1 Å².